The summed E-state index contributed by atoms with van der Waals surface area (Å²) in [4.78, 5) is 26.5. The van der Waals surface area contributed by atoms with E-state index in [1.807, 2.05) is 37.8 Å². The lowest BCUT2D eigenvalue weighted by molar-refractivity contribution is -0.119. The Morgan fingerprint density at radius 3 is 2.67 bits per heavy atom. The Balaban J connectivity index is 1.69. The number of hydrogen-bond donors (Lipinski definition) is 1. The number of aryl methyl sites for hydroxylation is 2. The summed E-state index contributed by atoms with van der Waals surface area (Å²) in [5, 5.41) is 12.5. The van der Waals surface area contributed by atoms with E-state index in [0.717, 1.165) is 34.7 Å². The quantitative estimate of drug-likeness (QED) is 0.813. The van der Waals surface area contributed by atoms with Crippen molar-refractivity contribution in [2.45, 2.75) is 52.9 Å². The molecule has 1 aliphatic rings. The SMILES string of the molecule is CCCC(C)C(=O)Nc1nnc(C2CC(=O)N(c3cc(C)cc(C)c3)C2)s1. The van der Waals surface area contributed by atoms with Gasteiger partial charge in [0.05, 0.1) is 0 Å². The molecule has 0 radical (unpaired) electrons. The maximum absolute atomic E-state index is 12.5. The fourth-order valence-corrected chi connectivity index (χ4v) is 4.31. The minimum atomic E-state index is -0.0459. The molecule has 6 nitrogen and oxygen atoms in total. The van der Waals surface area contributed by atoms with E-state index in [4.69, 9.17) is 0 Å². The van der Waals surface area contributed by atoms with Gasteiger partial charge in [-0.15, -0.1) is 10.2 Å². The molecule has 0 bridgehead atoms. The van der Waals surface area contributed by atoms with Gasteiger partial charge in [0, 0.05) is 30.5 Å². The average Bonchev–Trinajstić information content (AvgIpc) is 3.20. The summed E-state index contributed by atoms with van der Waals surface area (Å²) in [6, 6.07) is 6.17. The van der Waals surface area contributed by atoms with Gasteiger partial charge < -0.3 is 10.2 Å². The highest BCUT2D eigenvalue weighted by molar-refractivity contribution is 7.15. The highest BCUT2D eigenvalue weighted by Crippen LogP contribution is 2.35. The predicted octanol–water partition coefficient (Wildman–Crippen LogP) is 4.05. The minimum Gasteiger partial charge on any atom is -0.312 e. The van der Waals surface area contributed by atoms with Crippen LogP contribution in [0.4, 0.5) is 10.8 Å². The van der Waals surface area contributed by atoms with Gasteiger partial charge in [0.25, 0.3) is 0 Å². The van der Waals surface area contributed by atoms with Crippen LogP contribution < -0.4 is 10.2 Å². The van der Waals surface area contributed by atoms with E-state index in [1.165, 1.54) is 11.3 Å². The summed E-state index contributed by atoms with van der Waals surface area (Å²) in [5.41, 5.74) is 3.22. The van der Waals surface area contributed by atoms with Gasteiger partial charge in [0.15, 0.2) is 0 Å². The van der Waals surface area contributed by atoms with E-state index in [-0.39, 0.29) is 23.7 Å². The van der Waals surface area contributed by atoms with Crippen LogP contribution in [0.2, 0.25) is 0 Å². The first-order valence-corrected chi connectivity index (χ1v) is 10.2. The molecule has 1 N–H and O–H groups in total. The largest absolute Gasteiger partial charge is 0.312 e. The van der Waals surface area contributed by atoms with Crippen molar-refractivity contribution in [2.24, 2.45) is 5.92 Å². The molecule has 1 fully saturated rings. The summed E-state index contributed by atoms with van der Waals surface area (Å²) in [7, 11) is 0. The normalized spacial score (nSPS) is 18.0. The Bertz CT molecular complexity index is 828. The maximum atomic E-state index is 12.5. The molecule has 1 aliphatic heterocycles. The first-order chi connectivity index (χ1) is 12.9. The van der Waals surface area contributed by atoms with Crippen molar-refractivity contribution < 1.29 is 9.59 Å². The molecule has 144 valence electrons. The van der Waals surface area contributed by atoms with E-state index in [1.54, 1.807) is 0 Å². The molecule has 2 amide bonds. The molecular weight excluding hydrogens is 360 g/mol. The second-order valence-corrected chi connectivity index (χ2v) is 8.38. The van der Waals surface area contributed by atoms with E-state index in [2.05, 4.69) is 28.5 Å². The number of benzene rings is 1. The average molecular weight is 387 g/mol. The van der Waals surface area contributed by atoms with E-state index >= 15 is 0 Å². The number of rotatable bonds is 6. The Morgan fingerprint density at radius 1 is 1.30 bits per heavy atom. The fourth-order valence-electron chi connectivity index (χ4n) is 3.47. The van der Waals surface area contributed by atoms with E-state index in [0.29, 0.717) is 18.1 Å². The first-order valence-electron chi connectivity index (χ1n) is 9.40. The Hall–Kier alpha value is -2.28. The lowest BCUT2D eigenvalue weighted by atomic mass is 10.1. The molecular formula is C20H26N4O2S. The van der Waals surface area contributed by atoms with Gasteiger partial charge in [-0.25, -0.2) is 0 Å². The molecule has 1 aromatic heterocycles. The van der Waals surface area contributed by atoms with Crippen LogP contribution in [0, 0.1) is 19.8 Å². The Labute approximate surface area is 164 Å². The minimum absolute atomic E-state index is 0.00883. The van der Waals surface area contributed by atoms with Crippen molar-refractivity contribution in [3.8, 4) is 0 Å². The smallest absolute Gasteiger partial charge is 0.229 e. The molecule has 2 atom stereocenters. The molecule has 1 saturated heterocycles. The van der Waals surface area contributed by atoms with Gasteiger partial charge in [-0.2, -0.15) is 0 Å². The topological polar surface area (TPSA) is 75.2 Å². The molecule has 7 heteroatoms. The van der Waals surface area contributed by atoms with Crippen molar-refractivity contribution in [1.82, 2.24) is 10.2 Å². The molecule has 27 heavy (non-hydrogen) atoms. The summed E-state index contributed by atoms with van der Waals surface area (Å²) in [6.45, 7) is 8.64. The highest BCUT2D eigenvalue weighted by atomic mass is 32.1. The third kappa shape index (κ3) is 4.53. The van der Waals surface area contributed by atoms with Crippen LogP contribution in [0.15, 0.2) is 18.2 Å². The number of anilines is 2. The molecule has 1 aromatic carbocycles. The molecule has 0 saturated carbocycles. The zero-order chi connectivity index (χ0) is 19.6. The fraction of sp³-hybridized carbons (Fsp3) is 0.500. The second kappa shape index (κ2) is 8.17. The molecule has 2 heterocycles. The van der Waals surface area contributed by atoms with E-state index in [9.17, 15) is 9.59 Å². The standard InChI is InChI=1S/C20H26N4O2S/c1-5-6-14(4)18(26)21-20-23-22-19(27-20)15-10-17(25)24(11-15)16-8-12(2)7-13(3)9-16/h7-9,14-15H,5-6,10-11H2,1-4H3,(H,21,23,26). The Kier molecular flexibility index (Phi) is 5.89. The van der Waals surface area contributed by atoms with Crippen LogP contribution in [0.25, 0.3) is 0 Å². The van der Waals surface area contributed by atoms with Gasteiger partial charge in [-0.1, -0.05) is 37.7 Å². The number of carbonyl (C=O) groups is 2. The van der Waals surface area contributed by atoms with Gasteiger partial charge in [0.1, 0.15) is 5.01 Å². The van der Waals surface area contributed by atoms with Crippen LogP contribution in [0.1, 0.15) is 55.2 Å². The number of aromatic nitrogens is 2. The second-order valence-electron chi connectivity index (χ2n) is 7.38. The van der Waals surface area contributed by atoms with Gasteiger partial charge in [-0.05, 0) is 43.5 Å². The van der Waals surface area contributed by atoms with E-state index < -0.39 is 0 Å². The predicted molar refractivity (Wildman–Crippen MR) is 108 cm³/mol. The third-order valence-corrected chi connectivity index (χ3v) is 5.83. The molecule has 2 unspecified atom stereocenters. The van der Waals surface area contributed by atoms with Crippen LogP contribution >= 0.6 is 11.3 Å². The molecule has 2 aromatic rings. The van der Waals surface area contributed by atoms with Crippen molar-refractivity contribution in [1.29, 1.82) is 0 Å². The van der Waals surface area contributed by atoms with Gasteiger partial charge in [0.2, 0.25) is 16.9 Å². The third-order valence-electron chi connectivity index (χ3n) is 4.83. The monoisotopic (exact) mass is 386 g/mol. The van der Waals surface area contributed by atoms with Crippen LogP contribution in [0.3, 0.4) is 0 Å². The molecule has 3 rings (SSSR count). The zero-order valence-corrected chi connectivity index (χ0v) is 17.1. The van der Waals surface area contributed by atoms with Gasteiger partial charge in [-0.3, -0.25) is 9.59 Å². The summed E-state index contributed by atoms with van der Waals surface area (Å²) in [5.74, 6) is 0.0336. The Morgan fingerprint density at radius 2 is 2.00 bits per heavy atom. The number of nitrogens with one attached hydrogen (secondary N) is 1. The summed E-state index contributed by atoms with van der Waals surface area (Å²) in [6.07, 6.45) is 2.23. The van der Waals surface area contributed by atoms with Crippen LogP contribution in [0.5, 0.6) is 0 Å². The first kappa shape index (κ1) is 19.5. The van der Waals surface area contributed by atoms with Crippen molar-refractivity contribution in [2.75, 3.05) is 16.8 Å². The number of amides is 2. The number of hydrogen-bond acceptors (Lipinski definition) is 5. The maximum Gasteiger partial charge on any atom is 0.229 e. The highest BCUT2D eigenvalue weighted by Gasteiger charge is 2.34. The molecule has 0 aliphatic carbocycles. The lowest BCUT2D eigenvalue weighted by Crippen LogP contribution is -2.24. The number of carbonyl (C=O) groups excluding carboxylic acids is 2. The number of nitrogens with zero attached hydrogens (tertiary/aromatic N) is 3. The van der Waals surface area contributed by atoms with Crippen molar-refractivity contribution in [3.63, 3.8) is 0 Å². The zero-order valence-electron chi connectivity index (χ0n) is 16.3. The van der Waals surface area contributed by atoms with Crippen LogP contribution in [-0.2, 0) is 9.59 Å². The lowest BCUT2D eigenvalue weighted by Gasteiger charge is -2.17. The van der Waals surface area contributed by atoms with Gasteiger partial charge >= 0.3 is 0 Å². The summed E-state index contributed by atoms with van der Waals surface area (Å²) < 4.78 is 0. The van der Waals surface area contributed by atoms with Crippen LogP contribution in [-0.4, -0.2) is 28.6 Å². The van der Waals surface area contributed by atoms with Crippen molar-refractivity contribution in [3.05, 3.63) is 34.3 Å². The molecule has 0 spiro atoms. The summed E-state index contributed by atoms with van der Waals surface area (Å²) >= 11 is 1.37. The van der Waals surface area contributed by atoms with Crippen molar-refractivity contribution >= 4 is 34.0 Å².